The van der Waals surface area contributed by atoms with Gasteiger partial charge in [-0.05, 0) is 72.7 Å². The van der Waals surface area contributed by atoms with Crippen LogP contribution in [-0.4, -0.2) is 71.2 Å². The number of nitrogens with one attached hydrogen (secondary N) is 1. The van der Waals surface area contributed by atoms with Crippen LogP contribution >= 0.6 is 11.9 Å². The summed E-state index contributed by atoms with van der Waals surface area (Å²) in [5.74, 6) is 1.23. The highest BCUT2D eigenvalue weighted by Crippen LogP contribution is 2.37. The number of nitrogens with zero attached hydrogens (tertiary/aromatic N) is 2. The first kappa shape index (κ1) is 31.6. The lowest BCUT2D eigenvalue weighted by molar-refractivity contribution is -0.129. The SMILES string of the molecule is CC(C)CN(CC(O)C(Cc1ccccc1)NC(=O)C1CN(c2cccc(C(C)O)c2)C(=O)O1)Sc1ccc2c(c1)OCO2. The molecule has 10 nitrogen and oxygen atoms in total. The topological polar surface area (TPSA) is 121 Å². The van der Waals surface area contributed by atoms with Crippen LogP contribution in [0, 0.1) is 5.92 Å². The van der Waals surface area contributed by atoms with Crippen molar-refractivity contribution in [3.05, 3.63) is 83.9 Å². The van der Waals surface area contributed by atoms with Gasteiger partial charge >= 0.3 is 6.09 Å². The first-order valence-corrected chi connectivity index (χ1v) is 15.5. The number of hydrogen-bond donors (Lipinski definition) is 3. The molecule has 3 aromatic carbocycles. The maximum absolute atomic E-state index is 13.5. The maximum Gasteiger partial charge on any atom is 0.415 e. The van der Waals surface area contributed by atoms with Gasteiger partial charge in [0.25, 0.3) is 5.91 Å². The summed E-state index contributed by atoms with van der Waals surface area (Å²) < 4.78 is 18.5. The molecule has 0 spiro atoms. The second kappa shape index (κ2) is 14.3. The predicted molar refractivity (Wildman–Crippen MR) is 168 cm³/mol. The third-order valence-electron chi connectivity index (χ3n) is 7.40. The van der Waals surface area contributed by atoms with Gasteiger partial charge in [-0.25, -0.2) is 9.10 Å². The Morgan fingerprint density at radius 2 is 1.77 bits per heavy atom. The van der Waals surface area contributed by atoms with E-state index in [1.54, 1.807) is 31.2 Å². The highest BCUT2D eigenvalue weighted by Gasteiger charge is 2.38. The van der Waals surface area contributed by atoms with E-state index in [0.717, 1.165) is 10.5 Å². The lowest BCUT2D eigenvalue weighted by Gasteiger charge is -2.31. The fraction of sp³-hybridized carbons (Fsp3) is 0.394. The van der Waals surface area contributed by atoms with Gasteiger partial charge in [0.1, 0.15) is 0 Å². The van der Waals surface area contributed by atoms with E-state index >= 15 is 0 Å². The summed E-state index contributed by atoms with van der Waals surface area (Å²) in [6, 6.07) is 21.7. The van der Waals surface area contributed by atoms with Crippen LogP contribution in [0.2, 0.25) is 0 Å². The van der Waals surface area contributed by atoms with E-state index in [1.807, 2.05) is 48.5 Å². The number of cyclic esters (lactones) is 1. The summed E-state index contributed by atoms with van der Waals surface area (Å²) in [4.78, 5) is 28.6. The lowest BCUT2D eigenvalue weighted by Crippen LogP contribution is -2.52. The minimum Gasteiger partial charge on any atom is -0.454 e. The molecule has 2 amide bonds. The molecule has 0 radical (unpaired) electrons. The molecule has 3 aromatic rings. The standard InChI is InChI=1S/C33H39N3O7S/c1-21(2)17-35(44-26-12-13-29-30(16-26)42-20-41-29)18-28(38)27(14-23-8-5-4-6-9-23)34-32(39)31-19-36(33(40)43-31)25-11-7-10-24(15-25)22(3)37/h4-13,15-16,21-22,27-28,31,37-38H,14,17-20H2,1-3H3,(H,34,39). The van der Waals surface area contributed by atoms with E-state index in [9.17, 15) is 19.8 Å². The maximum atomic E-state index is 13.5. The Balaban J connectivity index is 1.29. The first-order valence-electron chi connectivity index (χ1n) is 14.8. The Kier molecular flexibility index (Phi) is 10.3. The van der Waals surface area contributed by atoms with E-state index in [0.29, 0.717) is 41.6 Å². The van der Waals surface area contributed by atoms with Crippen LogP contribution in [0.4, 0.5) is 10.5 Å². The van der Waals surface area contributed by atoms with Crippen LogP contribution in [0.1, 0.15) is 38.0 Å². The largest absolute Gasteiger partial charge is 0.454 e. The van der Waals surface area contributed by atoms with E-state index in [1.165, 1.54) is 16.8 Å². The van der Waals surface area contributed by atoms with Gasteiger partial charge in [-0.3, -0.25) is 9.69 Å². The molecule has 2 aliphatic rings. The van der Waals surface area contributed by atoms with Crippen LogP contribution in [0.25, 0.3) is 0 Å². The van der Waals surface area contributed by atoms with Crippen molar-refractivity contribution in [2.45, 2.75) is 56.4 Å². The Labute approximate surface area is 262 Å². The van der Waals surface area contributed by atoms with E-state index in [4.69, 9.17) is 14.2 Å². The number of rotatable bonds is 13. The molecule has 1 fully saturated rings. The van der Waals surface area contributed by atoms with E-state index in [2.05, 4.69) is 23.5 Å². The van der Waals surface area contributed by atoms with Crippen molar-refractivity contribution in [3.8, 4) is 11.5 Å². The lowest BCUT2D eigenvalue weighted by atomic mass is 10.0. The van der Waals surface area contributed by atoms with Gasteiger partial charge < -0.3 is 29.7 Å². The molecule has 5 rings (SSSR count). The van der Waals surface area contributed by atoms with Crippen LogP contribution in [-0.2, 0) is 16.0 Å². The molecule has 234 valence electrons. The van der Waals surface area contributed by atoms with Crippen molar-refractivity contribution >= 4 is 29.6 Å². The Morgan fingerprint density at radius 1 is 1.00 bits per heavy atom. The smallest absolute Gasteiger partial charge is 0.415 e. The zero-order valence-corrected chi connectivity index (χ0v) is 25.9. The van der Waals surface area contributed by atoms with Gasteiger partial charge in [-0.15, -0.1) is 0 Å². The molecule has 4 atom stereocenters. The summed E-state index contributed by atoms with van der Waals surface area (Å²) in [5, 5.41) is 24.5. The monoisotopic (exact) mass is 621 g/mol. The molecule has 1 saturated heterocycles. The summed E-state index contributed by atoms with van der Waals surface area (Å²) in [6.07, 6.45) is -2.95. The molecule has 2 aliphatic heterocycles. The highest BCUT2D eigenvalue weighted by atomic mass is 32.2. The van der Waals surface area contributed by atoms with Gasteiger partial charge in [-0.2, -0.15) is 0 Å². The molecule has 11 heteroatoms. The number of amides is 2. The quantitative estimate of drug-likeness (QED) is 0.236. The Hall–Kier alpha value is -3.77. The number of anilines is 1. The zero-order chi connectivity index (χ0) is 31.2. The van der Waals surface area contributed by atoms with Crippen LogP contribution in [0.15, 0.2) is 77.7 Å². The Morgan fingerprint density at radius 3 is 2.52 bits per heavy atom. The Bertz CT molecular complexity index is 1440. The number of hydrogen-bond acceptors (Lipinski definition) is 9. The third-order valence-corrected chi connectivity index (χ3v) is 8.42. The summed E-state index contributed by atoms with van der Waals surface area (Å²) in [7, 11) is 0. The van der Waals surface area contributed by atoms with Crippen LogP contribution < -0.4 is 19.7 Å². The number of carbonyl (C=O) groups excluding carboxylic acids is 2. The average molecular weight is 622 g/mol. The summed E-state index contributed by atoms with van der Waals surface area (Å²) in [5.41, 5.74) is 2.14. The van der Waals surface area contributed by atoms with Crippen molar-refractivity contribution in [2.24, 2.45) is 5.92 Å². The van der Waals surface area contributed by atoms with Crippen molar-refractivity contribution in [2.75, 3.05) is 31.3 Å². The molecule has 44 heavy (non-hydrogen) atoms. The molecule has 4 unspecified atom stereocenters. The van der Waals surface area contributed by atoms with E-state index in [-0.39, 0.29) is 19.9 Å². The predicted octanol–water partition coefficient (Wildman–Crippen LogP) is 4.55. The summed E-state index contributed by atoms with van der Waals surface area (Å²) in [6.45, 7) is 7.05. The fourth-order valence-electron chi connectivity index (χ4n) is 5.16. The average Bonchev–Trinajstić information content (AvgIpc) is 3.63. The van der Waals surface area contributed by atoms with E-state index < -0.39 is 36.4 Å². The molecule has 0 aromatic heterocycles. The third kappa shape index (κ3) is 8.03. The van der Waals surface area contributed by atoms with Crippen molar-refractivity contribution < 1.29 is 34.0 Å². The second-order valence-corrected chi connectivity index (χ2v) is 12.6. The molecule has 0 aliphatic carbocycles. The zero-order valence-electron chi connectivity index (χ0n) is 25.1. The molecule has 0 saturated carbocycles. The molecule has 0 bridgehead atoms. The molecule has 2 heterocycles. The number of benzene rings is 3. The number of carbonyl (C=O) groups is 2. The van der Waals surface area contributed by atoms with Gasteiger partial charge in [-0.1, -0.05) is 56.3 Å². The number of aliphatic hydroxyl groups excluding tert-OH is 2. The minimum absolute atomic E-state index is 0.0154. The summed E-state index contributed by atoms with van der Waals surface area (Å²) >= 11 is 1.51. The van der Waals surface area contributed by atoms with Crippen molar-refractivity contribution in [1.82, 2.24) is 9.62 Å². The number of fused-ring (bicyclic) bond motifs is 1. The molecular formula is C33H39N3O7S. The van der Waals surface area contributed by atoms with Crippen molar-refractivity contribution in [3.63, 3.8) is 0 Å². The van der Waals surface area contributed by atoms with Gasteiger partial charge in [0, 0.05) is 23.7 Å². The van der Waals surface area contributed by atoms with Crippen LogP contribution in [0.5, 0.6) is 11.5 Å². The van der Waals surface area contributed by atoms with Gasteiger partial charge in [0.15, 0.2) is 17.6 Å². The fourth-order valence-corrected chi connectivity index (χ4v) is 6.35. The first-order chi connectivity index (χ1) is 21.2. The second-order valence-electron chi connectivity index (χ2n) is 11.5. The van der Waals surface area contributed by atoms with Crippen LogP contribution in [0.3, 0.4) is 0 Å². The van der Waals surface area contributed by atoms with Crippen molar-refractivity contribution in [1.29, 1.82) is 0 Å². The molecular weight excluding hydrogens is 582 g/mol. The minimum atomic E-state index is -1.06. The number of ether oxygens (including phenoxy) is 3. The van der Waals surface area contributed by atoms with Gasteiger partial charge in [0.2, 0.25) is 6.79 Å². The van der Waals surface area contributed by atoms with Gasteiger partial charge in [0.05, 0.1) is 24.8 Å². The number of aliphatic hydroxyl groups is 2. The normalized spacial score (nSPS) is 17.9. The highest BCUT2D eigenvalue weighted by molar-refractivity contribution is 7.97. The molecule has 3 N–H and O–H groups in total.